The summed E-state index contributed by atoms with van der Waals surface area (Å²) in [5.41, 5.74) is 4.46. The summed E-state index contributed by atoms with van der Waals surface area (Å²) >= 11 is 0. The van der Waals surface area contributed by atoms with E-state index in [2.05, 4.69) is 4.98 Å². The molecule has 0 radical (unpaired) electrons. The van der Waals surface area contributed by atoms with Gasteiger partial charge in [0.2, 0.25) is 0 Å². The lowest BCUT2D eigenvalue weighted by Crippen LogP contribution is -2.17. The summed E-state index contributed by atoms with van der Waals surface area (Å²) in [6, 6.07) is 0.702. The molecular weight excluding hydrogens is 262 g/mol. The number of hydrogen-bond donors (Lipinski definition) is 1. The molecule has 0 aliphatic heterocycles. The maximum Gasteiger partial charge on any atom is 0.417 e. The Hall–Kier alpha value is -1.31. The lowest BCUT2D eigenvalue weighted by molar-refractivity contribution is -0.138. The number of hydrogen-bond acceptors (Lipinski definition) is 2. The summed E-state index contributed by atoms with van der Waals surface area (Å²) in [7, 11) is 0. The monoisotopic (exact) mass is 272 g/mol. The zero-order chi connectivity index (χ0) is 14.0. The molecule has 18 heavy (non-hydrogen) atoms. The van der Waals surface area contributed by atoms with E-state index in [4.69, 9.17) is 5.73 Å². The fourth-order valence-corrected chi connectivity index (χ4v) is 1.26. The van der Waals surface area contributed by atoms with Crippen LogP contribution < -0.4 is 5.73 Å². The van der Waals surface area contributed by atoms with Crippen molar-refractivity contribution in [1.29, 1.82) is 0 Å². The lowest BCUT2D eigenvalue weighted by atomic mass is 10.1. The number of nitrogens with two attached hydrogens (primary N) is 1. The minimum absolute atomic E-state index is 0.00671. The minimum atomic E-state index is -4.53. The normalized spacial score (nSPS) is 14.6. The molecule has 1 aromatic rings. The first-order chi connectivity index (χ1) is 8.09. The lowest BCUT2D eigenvalue weighted by Gasteiger charge is -2.13. The Balaban J connectivity index is 2.68. The number of rotatable bonds is 3. The molecule has 0 saturated carbocycles. The molecule has 1 atom stereocenters. The van der Waals surface area contributed by atoms with E-state index >= 15 is 0 Å². The third-order valence-corrected chi connectivity index (χ3v) is 2.23. The SMILES string of the molecule is NC(CCC(F)(F)F)c1ccc(C(F)(F)F)cn1. The van der Waals surface area contributed by atoms with Crippen LogP contribution in [0.3, 0.4) is 0 Å². The zero-order valence-electron chi connectivity index (χ0n) is 9.02. The van der Waals surface area contributed by atoms with Crippen LogP contribution in [0.25, 0.3) is 0 Å². The molecule has 2 N–H and O–H groups in total. The average molecular weight is 272 g/mol. The van der Waals surface area contributed by atoms with Crippen LogP contribution in [-0.2, 0) is 6.18 Å². The van der Waals surface area contributed by atoms with Crippen LogP contribution in [0.15, 0.2) is 18.3 Å². The molecule has 8 heteroatoms. The van der Waals surface area contributed by atoms with Gasteiger partial charge in [-0.15, -0.1) is 0 Å². The number of halogens is 6. The van der Waals surface area contributed by atoms with Gasteiger partial charge in [0, 0.05) is 18.7 Å². The van der Waals surface area contributed by atoms with Crippen molar-refractivity contribution in [2.45, 2.75) is 31.2 Å². The van der Waals surface area contributed by atoms with Crippen molar-refractivity contribution in [3.63, 3.8) is 0 Å². The van der Waals surface area contributed by atoms with E-state index in [0.717, 1.165) is 12.1 Å². The van der Waals surface area contributed by atoms with Crippen LogP contribution >= 0.6 is 0 Å². The van der Waals surface area contributed by atoms with Crippen molar-refractivity contribution in [3.8, 4) is 0 Å². The third kappa shape index (κ3) is 4.52. The molecule has 102 valence electrons. The minimum Gasteiger partial charge on any atom is -0.323 e. The molecule has 1 unspecified atom stereocenters. The first-order valence-electron chi connectivity index (χ1n) is 4.95. The Kier molecular flexibility index (Phi) is 4.20. The van der Waals surface area contributed by atoms with E-state index < -0.39 is 36.8 Å². The fourth-order valence-electron chi connectivity index (χ4n) is 1.26. The predicted octanol–water partition coefficient (Wildman–Crippen LogP) is 3.44. The van der Waals surface area contributed by atoms with Crippen LogP contribution in [0.1, 0.15) is 30.1 Å². The molecule has 0 amide bonds. The molecule has 0 aliphatic carbocycles. The van der Waals surface area contributed by atoms with Crippen molar-refractivity contribution in [3.05, 3.63) is 29.6 Å². The Morgan fingerprint density at radius 1 is 1.11 bits per heavy atom. The molecule has 0 spiro atoms. The summed E-state index contributed by atoms with van der Waals surface area (Å²) in [4.78, 5) is 3.43. The van der Waals surface area contributed by atoms with Gasteiger partial charge in [0.15, 0.2) is 0 Å². The Labute approximate surface area is 98.8 Å². The second kappa shape index (κ2) is 5.13. The van der Waals surface area contributed by atoms with Gasteiger partial charge in [-0.05, 0) is 18.6 Å². The van der Waals surface area contributed by atoms with Crippen molar-refractivity contribution in [2.24, 2.45) is 5.73 Å². The molecule has 1 rings (SSSR count). The van der Waals surface area contributed by atoms with Gasteiger partial charge in [0.25, 0.3) is 0 Å². The Bertz CT molecular complexity index is 381. The zero-order valence-corrected chi connectivity index (χ0v) is 9.02. The van der Waals surface area contributed by atoms with Crippen molar-refractivity contribution < 1.29 is 26.3 Å². The first kappa shape index (κ1) is 14.7. The van der Waals surface area contributed by atoms with Gasteiger partial charge < -0.3 is 5.73 Å². The molecular formula is C10H10F6N2. The van der Waals surface area contributed by atoms with Gasteiger partial charge in [-0.3, -0.25) is 4.98 Å². The summed E-state index contributed by atoms with van der Waals surface area (Å²) in [6.07, 6.45) is -9.83. The number of pyridine rings is 1. The van der Waals surface area contributed by atoms with Crippen molar-refractivity contribution in [1.82, 2.24) is 4.98 Å². The second-order valence-electron chi connectivity index (χ2n) is 3.73. The van der Waals surface area contributed by atoms with Crippen LogP contribution in [0.4, 0.5) is 26.3 Å². The van der Waals surface area contributed by atoms with Gasteiger partial charge in [-0.1, -0.05) is 0 Å². The van der Waals surface area contributed by atoms with E-state index in [-0.39, 0.29) is 5.69 Å². The van der Waals surface area contributed by atoms with Gasteiger partial charge in [0.05, 0.1) is 11.3 Å². The standard InChI is InChI=1S/C10H10F6N2/c11-9(12,13)4-3-7(17)8-2-1-6(5-18-8)10(14,15)16/h1-2,5,7H,3-4,17H2. The van der Waals surface area contributed by atoms with Crippen LogP contribution in [-0.4, -0.2) is 11.2 Å². The van der Waals surface area contributed by atoms with Gasteiger partial charge >= 0.3 is 12.4 Å². The number of alkyl halides is 6. The highest BCUT2D eigenvalue weighted by molar-refractivity contribution is 5.18. The molecule has 0 bridgehead atoms. The molecule has 2 nitrogen and oxygen atoms in total. The van der Waals surface area contributed by atoms with E-state index in [1.165, 1.54) is 0 Å². The van der Waals surface area contributed by atoms with E-state index in [1.807, 2.05) is 0 Å². The number of nitrogens with zero attached hydrogens (tertiary/aromatic N) is 1. The van der Waals surface area contributed by atoms with Gasteiger partial charge in [-0.2, -0.15) is 26.3 Å². The molecule has 0 aromatic carbocycles. The van der Waals surface area contributed by atoms with Gasteiger partial charge in [-0.25, -0.2) is 0 Å². The quantitative estimate of drug-likeness (QED) is 0.856. The second-order valence-corrected chi connectivity index (χ2v) is 3.73. The maximum absolute atomic E-state index is 12.2. The van der Waals surface area contributed by atoms with E-state index in [1.54, 1.807) is 0 Å². The van der Waals surface area contributed by atoms with E-state index in [9.17, 15) is 26.3 Å². The molecule has 1 heterocycles. The van der Waals surface area contributed by atoms with Gasteiger partial charge in [0.1, 0.15) is 0 Å². The predicted molar refractivity (Wildman–Crippen MR) is 51.5 cm³/mol. The Morgan fingerprint density at radius 3 is 2.11 bits per heavy atom. The highest BCUT2D eigenvalue weighted by atomic mass is 19.4. The molecule has 0 saturated heterocycles. The van der Waals surface area contributed by atoms with Crippen molar-refractivity contribution >= 4 is 0 Å². The molecule has 0 aliphatic rings. The fraction of sp³-hybridized carbons (Fsp3) is 0.500. The third-order valence-electron chi connectivity index (χ3n) is 2.23. The Morgan fingerprint density at radius 2 is 1.72 bits per heavy atom. The molecule has 0 fully saturated rings. The number of aromatic nitrogens is 1. The smallest absolute Gasteiger partial charge is 0.323 e. The molecule has 1 aromatic heterocycles. The van der Waals surface area contributed by atoms with Crippen LogP contribution in [0.2, 0.25) is 0 Å². The first-order valence-corrected chi connectivity index (χ1v) is 4.95. The maximum atomic E-state index is 12.2. The van der Waals surface area contributed by atoms with E-state index in [0.29, 0.717) is 6.20 Å². The van der Waals surface area contributed by atoms with Crippen LogP contribution in [0.5, 0.6) is 0 Å². The summed E-state index contributed by atoms with van der Waals surface area (Å²) in [6.45, 7) is 0. The highest BCUT2D eigenvalue weighted by Crippen LogP contribution is 2.30. The average Bonchev–Trinajstić information content (AvgIpc) is 2.24. The van der Waals surface area contributed by atoms with Crippen LogP contribution in [0, 0.1) is 0 Å². The highest BCUT2D eigenvalue weighted by Gasteiger charge is 2.31. The topological polar surface area (TPSA) is 38.9 Å². The summed E-state index contributed by atoms with van der Waals surface area (Å²) in [5.74, 6) is 0. The summed E-state index contributed by atoms with van der Waals surface area (Å²) in [5, 5.41) is 0. The summed E-state index contributed by atoms with van der Waals surface area (Å²) < 4.78 is 72.4. The van der Waals surface area contributed by atoms with Crippen molar-refractivity contribution in [2.75, 3.05) is 0 Å². The largest absolute Gasteiger partial charge is 0.417 e.